The number of H-pyrrole nitrogens is 1. The van der Waals surface area contributed by atoms with E-state index in [1.165, 1.54) is 10.2 Å². The third-order valence-corrected chi connectivity index (χ3v) is 5.25. The van der Waals surface area contributed by atoms with Gasteiger partial charge in [-0.2, -0.15) is 5.10 Å². The molecule has 2 aromatic heterocycles. The highest BCUT2D eigenvalue weighted by Gasteiger charge is 2.33. The van der Waals surface area contributed by atoms with Crippen LogP contribution >= 0.6 is 0 Å². The Morgan fingerprint density at radius 2 is 1.96 bits per heavy atom. The monoisotopic (exact) mass is 363 g/mol. The van der Waals surface area contributed by atoms with Gasteiger partial charge in [-0.3, -0.25) is 14.6 Å². The minimum Gasteiger partial charge on any atom is -0.305 e. The van der Waals surface area contributed by atoms with Crippen LogP contribution in [0.15, 0.2) is 35.3 Å². The number of carbonyl (C=O) groups excluding carboxylic acids is 1. The molecule has 1 atom stereocenters. The molecule has 7 nitrogen and oxygen atoms in total. The number of aryl methyl sites for hydroxylation is 1. The standard InChI is InChI=1S/C20H21N5O2/c1-11-9-15-7-5-6-8-17(15)24(11)19(27)16-10-21-25(14(16)4)20-22-13(3)12(2)18(26)23-20/h5-8,10-11H,9H2,1-4H3,(H,22,23,26)/t11-/m1/s1. The van der Waals surface area contributed by atoms with Crippen molar-refractivity contribution in [3.8, 4) is 5.95 Å². The first-order chi connectivity index (χ1) is 12.9. The molecule has 0 bridgehead atoms. The molecule has 1 aliphatic heterocycles. The number of anilines is 1. The normalized spacial score (nSPS) is 15.9. The van der Waals surface area contributed by atoms with Crippen molar-refractivity contribution < 1.29 is 4.79 Å². The van der Waals surface area contributed by atoms with Crippen LogP contribution in [0, 0.1) is 20.8 Å². The molecule has 3 heterocycles. The molecule has 1 aromatic carbocycles. The average Bonchev–Trinajstić information content (AvgIpc) is 3.18. The predicted octanol–water partition coefficient (Wildman–Crippen LogP) is 2.47. The maximum absolute atomic E-state index is 13.3. The van der Waals surface area contributed by atoms with E-state index in [4.69, 9.17) is 0 Å². The Bertz CT molecular complexity index is 1110. The van der Waals surface area contributed by atoms with Crippen LogP contribution in [-0.2, 0) is 6.42 Å². The summed E-state index contributed by atoms with van der Waals surface area (Å²) in [5, 5.41) is 4.31. The van der Waals surface area contributed by atoms with E-state index in [1.54, 1.807) is 20.0 Å². The number of fused-ring (bicyclic) bond motifs is 1. The molecule has 4 rings (SSSR count). The van der Waals surface area contributed by atoms with Crippen molar-refractivity contribution in [1.29, 1.82) is 0 Å². The van der Waals surface area contributed by atoms with E-state index in [-0.39, 0.29) is 17.5 Å². The summed E-state index contributed by atoms with van der Waals surface area (Å²) >= 11 is 0. The molecule has 0 spiro atoms. The van der Waals surface area contributed by atoms with E-state index in [0.29, 0.717) is 28.5 Å². The summed E-state index contributed by atoms with van der Waals surface area (Å²) in [7, 11) is 0. The molecule has 1 N–H and O–H groups in total. The molecule has 7 heteroatoms. The van der Waals surface area contributed by atoms with E-state index in [9.17, 15) is 9.59 Å². The number of benzene rings is 1. The average molecular weight is 363 g/mol. The lowest BCUT2D eigenvalue weighted by molar-refractivity contribution is 0.0981. The highest BCUT2D eigenvalue weighted by atomic mass is 16.2. The molecule has 1 amide bonds. The van der Waals surface area contributed by atoms with E-state index in [2.05, 4.69) is 21.1 Å². The van der Waals surface area contributed by atoms with Crippen molar-refractivity contribution in [3.05, 3.63) is 68.9 Å². The second-order valence-corrected chi connectivity index (χ2v) is 7.01. The number of aromatic nitrogens is 4. The molecule has 1 aliphatic rings. The van der Waals surface area contributed by atoms with Crippen LogP contribution in [0.4, 0.5) is 5.69 Å². The number of nitrogens with one attached hydrogen (secondary N) is 1. The first-order valence-corrected chi connectivity index (χ1v) is 8.92. The number of carbonyl (C=O) groups is 1. The van der Waals surface area contributed by atoms with Gasteiger partial charge in [-0.25, -0.2) is 9.67 Å². The number of aromatic amines is 1. The van der Waals surface area contributed by atoms with Gasteiger partial charge in [0, 0.05) is 23.0 Å². The number of nitrogens with zero attached hydrogens (tertiary/aromatic N) is 4. The number of hydrogen-bond acceptors (Lipinski definition) is 4. The fourth-order valence-electron chi connectivity index (χ4n) is 3.57. The van der Waals surface area contributed by atoms with Crippen molar-refractivity contribution in [3.63, 3.8) is 0 Å². The molecule has 0 saturated carbocycles. The Kier molecular flexibility index (Phi) is 3.95. The zero-order valence-electron chi connectivity index (χ0n) is 15.8. The minimum atomic E-state index is -0.206. The van der Waals surface area contributed by atoms with Crippen molar-refractivity contribution in [2.45, 2.75) is 40.2 Å². The van der Waals surface area contributed by atoms with Crippen molar-refractivity contribution in [2.24, 2.45) is 0 Å². The molecule has 0 unspecified atom stereocenters. The SMILES string of the molecule is Cc1nc(-n2ncc(C(=O)N3c4ccccc4C[C@H]3C)c2C)[nH]c(=O)c1C. The second kappa shape index (κ2) is 6.19. The minimum absolute atomic E-state index is 0.0807. The quantitative estimate of drug-likeness (QED) is 0.758. The summed E-state index contributed by atoms with van der Waals surface area (Å²) in [5.74, 6) is 0.219. The van der Waals surface area contributed by atoms with Crippen molar-refractivity contribution in [1.82, 2.24) is 19.7 Å². The highest BCUT2D eigenvalue weighted by Crippen LogP contribution is 2.33. The van der Waals surface area contributed by atoms with Crippen LogP contribution in [0.1, 0.15) is 39.8 Å². The fraction of sp³-hybridized carbons (Fsp3) is 0.300. The largest absolute Gasteiger partial charge is 0.305 e. The zero-order valence-corrected chi connectivity index (χ0v) is 15.8. The van der Waals surface area contributed by atoms with Gasteiger partial charge in [0.05, 0.1) is 17.5 Å². The lowest BCUT2D eigenvalue weighted by atomic mass is 10.1. The van der Waals surface area contributed by atoms with Crippen LogP contribution in [0.3, 0.4) is 0 Å². The number of amides is 1. The molecule has 0 radical (unpaired) electrons. The van der Waals surface area contributed by atoms with Crippen LogP contribution in [0.5, 0.6) is 0 Å². The first kappa shape index (κ1) is 17.2. The number of para-hydroxylation sites is 1. The predicted molar refractivity (Wildman–Crippen MR) is 103 cm³/mol. The summed E-state index contributed by atoms with van der Waals surface area (Å²) in [6.45, 7) is 7.35. The zero-order chi connectivity index (χ0) is 19.3. The Labute approximate surface area is 156 Å². The van der Waals surface area contributed by atoms with Gasteiger partial charge in [0.2, 0.25) is 5.95 Å². The molecule has 3 aromatic rings. The number of hydrogen-bond donors (Lipinski definition) is 1. The van der Waals surface area contributed by atoms with E-state index >= 15 is 0 Å². The third-order valence-electron chi connectivity index (χ3n) is 5.25. The smallest absolute Gasteiger partial charge is 0.262 e. The summed E-state index contributed by atoms with van der Waals surface area (Å²) in [5.41, 5.74) is 4.26. The molecule has 0 fully saturated rings. The second-order valence-electron chi connectivity index (χ2n) is 7.01. The molecule has 27 heavy (non-hydrogen) atoms. The van der Waals surface area contributed by atoms with Gasteiger partial charge in [0.1, 0.15) is 0 Å². The summed E-state index contributed by atoms with van der Waals surface area (Å²) in [6.07, 6.45) is 2.38. The van der Waals surface area contributed by atoms with Gasteiger partial charge in [0.25, 0.3) is 11.5 Å². The Morgan fingerprint density at radius 1 is 1.22 bits per heavy atom. The molecule has 138 valence electrons. The maximum atomic E-state index is 13.3. The van der Waals surface area contributed by atoms with Gasteiger partial charge >= 0.3 is 0 Å². The molecule has 0 aliphatic carbocycles. The highest BCUT2D eigenvalue weighted by molar-refractivity contribution is 6.08. The van der Waals surface area contributed by atoms with Crippen molar-refractivity contribution >= 4 is 11.6 Å². The maximum Gasteiger partial charge on any atom is 0.262 e. The first-order valence-electron chi connectivity index (χ1n) is 8.92. The van der Waals surface area contributed by atoms with Crippen LogP contribution in [0.2, 0.25) is 0 Å². The van der Waals surface area contributed by atoms with Crippen LogP contribution in [-0.4, -0.2) is 31.7 Å². The third kappa shape index (κ3) is 2.66. The lowest BCUT2D eigenvalue weighted by Crippen LogP contribution is -2.36. The Balaban J connectivity index is 1.75. The number of rotatable bonds is 2. The van der Waals surface area contributed by atoms with E-state index < -0.39 is 0 Å². The molecular formula is C20H21N5O2. The van der Waals surface area contributed by atoms with E-state index in [1.807, 2.05) is 36.9 Å². The molecule has 0 saturated heterocycles. The van der Waals surface area contributed by atoms with Gasteiger partial charge in [-0.15, -0.1) is 0 Å². The van der Waals surface area contributed by atoms with Gasteiger partial charge in [-0.05, 0) is 45.7 Å². The molecular weight excluding hydrogens is 342 g/mol. The topological polar surface area (TPSA) is 83.9 Å². The van der Waals surface area contributed by atoms with Crippen LogP contribution < -0.4 is 10.5 Å². The summed E-state index contributed by atoms with van der Waals surface area (Å²) in [6, 6.07) is 8.04. The van der Waals surface area contributed by atoms with Crippen molar-refractivity contribution in [2.75, 3.05) is 4.90 Å². The van der Waals surface area contributed by atoms with E-state index in [0.717, 1.165) is 12.1 Å². The Hall–Kier alpha value is -3.22. The van der Waals surface area contributed by atoms with Gasteiger partial charge in [0.15, 0.2) is 0 Å². The van der Waals surface area contributed by atoms with Crippen LogP contribution in [0.25, 0.3) is 5.95 Å². The summed E-state index contributed by atoms with van der Waals surface area (Å²) < 4.78 is 1.51. The fourth-order valence-corrected chi connectivity index (χ4v) is 3.57. The Morgan fingerprint density at radius 3 is 2.70 bits per heavy atom. The lowest BCUT2D eigenvalue weighted by Gasteiger charge is -2.22. The van der Waals surface area contributed by atoms with Gasteiger partial charge in [-0.1, -0.05) is 18.2 Å². The summed E-state index contributed by atoms with van der Waals surface area (Å²) in [4.78, 5) is 34.3. The van der Waals surface area contributed by atoms with Gasteiger partial charge < -0.3 is 4.90 Å².